The molecule has 0 N–H and O–H groups in total. The molecule has 0 saturated carbocycles. The van der Waals surface area contributed by atoms with Crippen molar-refractivity contribution in [3.63, 3.8) is 0 Å². The zero-order chi connectivity index (χ0) is 15.0. The highest BCUT2D eigenvalue weighted by Gasteiger charge is 2.19. The van der Waals surface area contributed by atoms with Gasteiger partial charge in [-0.1, -0.05) is 0 Å². The molecule has 0 saturated heterocycles. The summed E-state index contributed by atoms with van der Waals surface area (Å²) in [4.78, 5) is 44.0. The van der Waals surface area contributed by atoms with Crippen LogP contribution in [0.2, 0.25) is 0 Å². The van der Waals surface area contributed by atoms with Crippen molar-refractivity contribution in [2.24, 2.45) is 0 Å². The van der Waals surface area contributed by atoms with Gasteiger partial charge >= 0.3 is 11.9 Å². The number of rotatable bonds is 8. The minimum atomic E-state index is -0.918. The average Bonchev–Trinajstić information content (AvgIpc) is 2.26. The molecule has 0 rings (SSSR count). The van der Waals surface area contributed by atoms with Gasteiger partial charge in [0.25, 0.3) is 0 Å². The zero-order valence-electron chi connectivity index (χ0n) is 11.4. The highest BCUT2D eigenvalue weighted by molar-refractivity contribution is 5.88. The summed E-state index contributed by atoms with van der Waals surface area (Å²) in [6, 6.07) is 0. The van der Waals surface area contributed by atoms with E-state index in [2.05, 4.69) is 9.47 Å². The molecule has 108 valence electrons. The van der Waals surface area contributed by atoms with Crippen LogP contribution in [0.3, 0.4) is 0 Å². The van der Waals surface area contributed by atoms with Gasteiger partial charge in [-0.15, -0.1) is 0 Å². The van der Waals surface area contributed by atoms with Crippen molar-refractivity contribution in [1.29, 1.82) is 0 Å². The second kappa shape index (κ2) is 8.36. The molecule has 7 heteroatoms. The second-order valence-corrected chi connectivity index (χ2v) is 3.93. The first kappa shape index (κ1) is 17.2. The number of hydrogen-bond acceptors (Lipinski definition) is 7. The third-order valence-electron chi connectivity index (χ3n) is 2.08. The Bertz CT molecular complexity index is 327. The Morgan fingerprint density at radius 2 is 1.11 bits per heavy atom. The fourth-order valence-electron chi connectivity index (χ4n) is 1.12. The largest absolute Gasteiger partial charge is 0.455 e. The molecule has 0 bridgehead atoms. The van der Waals surface area contributed by atoms with Crippen LogP contribution in [0, 0.1) is 0 Å². The van der Waals surface area contributed by atoms with Crippen LogP contribution in [0.5, 0.6) is 0 Å². The lowest BCUT2D eigenvalue weighted by Gasteiger charge is -2.12. The van der Waals surface area contributed by atoms with Gasteiger partial charge in [0, 0.05) is 13.8 Å². The van der Waals surface area contributed by atoms with E-state index in [1.54, 1.807) is 0 Å². The molecule has 2 atom stereocenters. The van der Waals surface area contributed by atoms with Crippen LogP contribution in [-0.4, -0.2) is 48.9 Å². The summed E-state index contributed by atoms with van der Waals surface area (Å²) < 4.78 is 14.2. The van der Waals surface area contributed by atoms with E-state index in [0.29, 0.717) is 0 Å². The van der Waals surface area contributed by atoms with Crippen molar-refractivity contribution in [2.75, 3.05) is 13.2 Å². The summed E-state index contributed by atoms with van der Waals surface area (Å²) in [5, 5.41) is 0. The third kappa shape index (κ3) is 8.04. The van der Waals surface area contributed by atoms with E-state index in [0.717, 1.165) is 0 Å². The minimum absolute atomic E-state index is 0.354. The van der Waals surface area contributed by atoms with Crippen LogP contribution in [0.25, 0.3) is 0 Å². The first-order chi connectivity index (χ1) is 8.73. The van der Waals surface area contributed by atoms with Gasteiger partial charge in [-0.05, 0) is 13.8 Å². The van der Waals surface area contributed by atoms with Gasteiger partial charge in [0.1, 0.15) is 13.2 Å². The van der Waals surface area contributed by atoms with Crippen LogP contribution in [-0.2, 0) is 33.4 Å². The highest BCUT2D eigenvalue weighted by Crippen LogP contribution is 1.97. The van der Waals surface area contributed by atoms with E-state index >= 15 is 0 Å². The summed E-state index contributed by atoms with van der Waals surface area (Å²) in [6.07, 6.45) is -1.84. The summed E-state index contributed by atoms with van der Waals surface area (Å²) in [5.41, 5.74) is 0. The van der Waals surface area contributed by atoms with Gasteiger partial charge < -0.3 is 14.2 Å². The fourth-order valence-corrected chi connectivity index (χ4v) is 1.12. The average molecular weight is 274 g/mol. The second-order valence-electron chi connectivity index (χ2n) is 3.93. The summed E-state index contributed by atoms with van der Waals surface area (Å²) in [5.74, 6) is -2.05. The summed E-state index contributed by atoms with van der Waals surface area (Å²) in [7, 11) is 0. The van der Waals surface area contributed by atoms with E-state index < -0.39 is 35.7 Å². The van der Waals surface area contributed by atoms with Crippen LogP contribution in [0.1, 0.15) is 27.7 Å². The number of ketones is 2. The predicted molar refractivity (Wildman–Crippen MR) is 63.3 cm³/mol. The van der Waals surface area contributed by atoms with Gasteiger partial charge in [0.2, 0.25) is 0 Å². The maximum atomic E-state index is 11.4. The number of esters is 2. The van der Waals surface area contributed by atoms with Crippen LogP contribution < -0.4 is 0 Å². The maximum Gasteiger partial charge on any atom is 0.303 e. The van der Waals surface area contributed by atoms with Crippen LogP contribution in [0.4, 0.5) is 0 Å². The maximum absolute atomic E-state index is 11.4. The van der Waals surface area contributed by atoms with E-state index in [9.17, 15) is 19.2 Å². The minimum Gasteiger partial charge on any atom is -0.455 e. The molecule has 0 aromatic carbocycles. The van der Waals surface area contributed by atoms with Crippen LogP contribution in [0.15, 0.2) is 0 Å². The van der Waals surface area contributed by atoms with Crippen molar-refractivity contribution in [2.45, 2.75) is 39.9 Å². The summed E-state index contributed by atoms with van der Waals surface area (Å²) in [6.45, 7) is 4.50. The highest BCUT2D eigenvalue weighted by atomic mass is 16.6. The smallest absolute Gasteiger partial charge is 0.303 e. The molecule has 0 heterocycles. The predicted octanol–water partition coefficient (Wildman–Crippen LogP) is 0.0444. The number of carbonyl (C=O) groups is 4. The number of Topliss-reactive ketones (excluding diaryl/α,β-unsaturated/α-hetero) is 2. The molecule has 0 fully saturated rings. The molecule has 19 heavy (non-hydrogen) atoms. The molecular weight excluding hydrogens is 256 g/mol. The molecular formula is C12H18O7. The molecule has 0 aromatic rings. The molecule has 0 aromatic heterocycles. The Morgan fingerprint density at radius 1 is 0.789 bits per heavy atom. The molecule has 0 radical (unpaired) electrons. The summed E-state index contributed by atoms with van der Waals surface area (Å²) >= 11 is 0. The Balaban J connectivity index is 3.96. The van der Waals surface area contributed by atoms with Crippen molar-refractivity contribution < 1.29 is 33.4 Å². The monoisotopic (exact) mass is 274 g/mol. The van der Waals surface area contributed by atoms with E-state index in [-0.39, 0.29) is 13.2 Å². The molecule has 0 aliphatic heterocycles. The van der Waals surface area contributed by atoms with E-state index in [4.69, 9.17) is 4.74 Å². The van der Waals surface area contributed by atoms with Gasteiger partial charge in [-0.2, -0.15) is 0 Å². The van der Waals surface area contributed by atoms with Crippen LogP contribution >= 0.6 is 0 Å². The third-order valence-corrected chi connectivity index (χ3v) is 2.08. The van der Waals surface area contributed by atoms with Crippen molar-refractivity contribution in [3.05, 3.63) is 0 Å². The Labute approximate surface area is 111 Å². The lowest BCUT2D eigenvalue weighted by molar-refractivity contribution is -0.156. The normalized spacial score (nSPS) is 13.3. The Hall–Kier alpha value is -1.76. The quantitative estimate of drug-likeness (QED) is 0.577. The number of carbonyl (C=O) groups excluding carboxylic acids is 4. The van der Waals surface area contributed by atoms with Crippen molar-refractivity contribution >= 4 is 23.5 Å². The molecule has 0 aliphatic rings. The Morgan fingerprint density at radius 3 is 1.37 bits per heavy atom. The molecule has 0 spiro atoms. The number of hydrogen-bond donors (Lipinski definition) is 0. The Kier molecular flexibility index (Phi) is 7.59. The molecule has 0 amide bonds. The SMILES string of the molecule is CC(=O)OC(C)C(=O)COCC(=O)C(C)OC(C)=O. The van der Waals surface area contributed by atoms with Crippen molar-refractivity contribution in [1.82, 2.24) is 0 Å². The lowest BCUT2D eigenvalue weighted by atomic mass is 10.2. The van der Waals surface area contributed by atoms with Gasteiger partial charge in [0.15, 0.2) is 23.8 Å². The topological polar surface area (TPSA) is 96.0 Å². The van der Waals surface area contributed by atoms with Crippen molar-refractivity contribution in [3.8, 4) is 0 Å². The fraction of sp³-hybridized carbons (Fsp3) is 0.667. The zero-order valence-corrected chi connectivity index (χ0v) is 11.4. The standard InChI is InChI=1S/C12H18O7/c1-7(18-9(3)13)11(15)5-17-6-12(16)8(2)19-10(4)14/h7-8H,5-6H2,1-4H3. The number of ether oxygens (including phenoxy) is 3. The molecule has 2 unspecified atom stereocenters. The van der Waals surface area contributed by atoms with E-state index in [1.807, 2.05) is 0 Å². The first-order valence-electron chi connectivity index (χ1n) is 5.71. The first-order valence-corrected chi connectivity index (χ1v) is 5.71. The van der Waals surface area contributed by atoms with E-state index in [1.165, 1.54) is 27.7 Å². The lowest BCUT2D eigenvalue weighted by Crippen LogP contribution is -2.30. The molecule has 7 nitrogen and oxygen atoms in total. The molecule has 0 aliphatic carbocycles. The van der Waals surface area contributed by atoms with Gasteiger partial charge in [-0.3, -0.25) is 19.2 Å². The van der Waals surface area contributed by atoms with Gasteiger partial charge in [-0.25, -0.2) is 0 Å². The van der Waals surface area contributed by atoms with Gasteiger partial charge in [0.05, 0.1) is 0 Å².